The van der Waals surface area contributed by atoms with E-state index in [-0.39, 0.29) is 12.1 Å². The van der Waals surface area contributed by atoms with Crippen molar-refractivity contribution in [1.29, 1.82) is 0 Å². The van der Waals surface area contributed by atoms with E-state index in [2.05, 4.69) is 0 Å². The van der Waals surface area contributed by atoms with Gasteiger partial charge in [-0.1, -0.05) is 30.3 Å². The van der Waals surface area contributed by atoms with Crippen molar-refractivity contribution in [2.45, 2.75) is 43.7 Å². The first kappa shape index (κ1) is 18.7. The predicted octanol–water partition coefficient (Wildman–Crippen LogP) is 5.20. The number of piperidine rings is 1. The number of carbonyl (C=O) groups excluding carboxylic acids is 1. The maximum absolute atomic E-state index is 12.8. The van der Waals surface area contributed by atoms with Crippen molar-refractivity contribution in [2.75, 3.05) is 6.54 Å². The topological polar surface area (TPSA) is 38.8 Å². The summed E-state index contributed by atoms with van der Waals surface area (Å²) in [5.74, 6) is 0.298. The molecular formula is C21H20F3NO3. The standard InChI is InChI=1S/C21H20F3NO3/c22-21(23,24)15-9-11-16(12-10-15)27-18(14-6-2-1-3-7-14)19-17-8-4-5-13-25(17)20(26)28-19/h1-3,6-7,9-12,17-19H,4-5,8,13H2. The van der Waals surface area contributed by atoms with Crippen LogP contribution in [-0.4, -0.2) is 29.7 Å². The molecular weight excluding hydrogens is 371 g/mol. The van der Waals surface area contributed by atoms with Crippen molar-refractivity contribution in [2.24, 2.45) is 0 Å². The Morgan fingerprint density at radius 1 is 1.04 bits per heavy atom. The monoisotopic (exact) mass is 391 g/mol. The fourth-order valence-corrected chi connectivity index (χ4v) is 3.89. The molecule has 0 radical (unpaired) electrons. The highest BCUT2D eigenvalue weighted by atomic mass is 19.4. The van der Waals surface area contributed by atoms with Crippen molar-refractivity contribution in [1.82, 2.24) is 4.90 Å². The highest BCUT2D eigenvalue weighted by Crippen LogP contribution is 2.38. The zero-order valence-electron chi connectivity index (χ0n) is 15.1. The first-order chi connectivity index (χ1) is 13.4. The van der Waals surface area contributed by atoms with Crippen molar-refractivity contribution in [3.63, 3.8) is 0 Å². The molecule has 0 saturated carbocycles. The van der Waals surface area contributed by atoms with E-state index in [1.54, 1.807) is 4.90 Å². The van der Waals surface area contributed by atoms with Crippen LogP contribution in [0.25, 0.3) is 0 Å². The largest absolute Gasteiger partial charge is 0.482 e. The lowest BCUT2D eigenvalue weighted by atomic mass is 9.92. The number of cyclic esters (lactones) is 1. The normalized spacial score (nSPS) is 23.1. The molecule has 0 spiro atoms. The summed E-state index contributed by atoms with van der Waals surface area (Å²) in [5.41, 5.74) is 0.0782. The summed E-state index contributed by atoms with van der Waals surface area (Å²) in [6.07, 6.45) is -3.12. The van der Waals surface area contributed by atoms with Gasteiger partial charge >= 0.3 is 12.3 Å². The molecule has 3 atom stereocenters. The minimum Gasteiger partial charge on any atom is -0.482 e. The fourth-order valence-electron chi connectivity index (χ4n) is 3.89. The first-order valence-electron chi connectivity index (χ1n) is 9.29. The van der Waals surface area contributed by atoms with Gasteiger partial charge in [-0.05, 0) is 49.1 Å². The summed E-state index contributed by atoms with van der Waals surface area (Å²) in [4.78, 5) is 14.0. The van der Waals surface area contributed by atoms with E-state index in [1.807, 2.05) is 30.3 Å². The number of alkyl halides is 3. The first-order valence-corrected chi connectivity index (χ1v) is 9.29. The quantitative estimate of drug-likeness (QED) is 0.719. The summed E-state index contributed by atoms with van der Waals surface area (Å²) >= 11 is 0. The van der Waals surface area contributed by atoms with Gasteiger partial charge in [0.15, 0.2) is 12.2 Å². The van der Waals surface area contributed by atoms with Crippen LogP contribution in [0.1, 0.15) is 36.5 Å². The molecule has 4 nitrogen and oxygen atoms in total. The van der Waals surface area contributed by atoms with E-state index in [4.69, 9.17) is 9.47 Å². The number of amides is 1. The maximum Gasteiger partial charge on any atom is 0.416 e. The van der Waals surface area contributed by atoms with E-state index in [1.165, 1.54) is 12.1 Å². The van der Waals surface area contributed by atoms with Gasteiger partial charge in [0.05, 0.1) is 11.6 Å². The Balaban J connectivity index is 1.62. The maximum atomic E-state index is 12.8. The van der Waals surface area contributed by atoms with E-state index in [9.17, 15) is 18.0 Å². The summed E-state index contributed by atoms with van der Waals surface area (Å²) in [6.45, 7) is 0.655. The molecule has 2 saturated heterocycles. The zero-order valence-corrected chi connectivity index (χ0v) is 15.1. The van der Waals surface area contributed by atoms with E-state index in [0.717, 1.165) is 37.0 Å². The summed E-state index contributed by atoms with van der Waals surface area (Å²) in [5, 5.41) is 0. The number of benzene rings is 2. The molecule has 2 heterocycles. The second-order valence-corrected chi connectivity index (χ2v) is 7.08. The van der Waals surface area contributed by atoms with Crippen LogP contribution < -0.4 is 4.74 Å². The minimum atomic E-state index is -4.40. The van der Waals surface area contributed by atoms with Crippen LogP contribution in [0.2, 0.25) is 0 Å². The van der Waals surface area contributed by atoms with Crippen molar-refractivity contribution in [3.05, 3.63) is 65.7 Å². The van der Waals surface area contributed by atoms with Crippen LogP contribution in [0.3, 0.4) is 0 Å². The number of carbonyl (C=O) groups is 1. The molecule has 1 amide bonds. The number of halogens is 3. The van der Waals surface area contributed by atoms with Crippen molar-refractivity contribution >= 4 is 6.09 Å². The third-order valence-corrected chi connectivity index (χ3v) is 5.27. The van der Waals surface area contributed by atoms with Crippen LogP contribution >= 0.6 is 0 Å². The summed E-state index contributed by atoms with van der Waals surface area (Å²) in [7, 11) is 0. The Kier molecular flexibility index (Phi) is 4.91. The van der Waals surface area contributed by atoms with Gasteiger partial charge < -0.3 is 14.4 Å². The number of ether oxygens (including phenoxy) is 2. The number of hydrogen-bond acceptors (Lipinski definition) is 3. The minimum absolute atomic E-state index is 0.0964. The molecule has 2 aliphatic rings. The Labute approximate surface area is 160 Å². The molecule has 0 aromatic heterocycles. The van der Waals surface area contributed by atoms with Gasteiger partial charge in [0.2, 0.25) is 0 Å². The lowest BCUT2D eigenvalue weighted by Crippen LogP contribution is -2.43. The van der Waals surface area contributed by atoms with Gasteiger partial charge in [-0.2, -0.15) is 13.2 Å². The highest BCUT2D eigenvalue weighted by molar-refractivity contribution is 5.71. The van der Waals surface area contributed by atoms with Crippen LogP contribution in [0, 0.1) is 0 Å². The number of fused-ring (bicyclic) bond motifs is 1. The molecule has 0 aliphatic carbocycles. The van der Waals surface area contributed by atoms with Gasteiger partial charge in [-0.25, -0.2) is 4.79 Å². The molecule has 3 unspecified atom stereocenters. The van der Waals surface area contributed by atoms with Crippen LogP contribution in [0.5, 0.6) is 5.75 Å². The van der Waals surface area contributed by atoms with E-state index in [0.29, 0.717) is 12.3 Å². The lowest BCUT2D eigenvalue weighted by Gasteiger charge is -2.32. The van der Waals surface area contributed by atoms with Gasteiger partial charge in [0, 0.05) is 6.54 Å². The summed E-state index contributed by atoms with van der Waals surface area (Å²) < 4.78 is 50.2. The van der Waals surface area contributed by atoms with Crippen LogP contribution in [0.15, 0.2) is 54.6 Å². The second-order valence-electron chi connectivity index (χ2n) is 7.08. The Morgan fingerprint density at radius 3 is 2.43 bits per heavy atom. The predicted molar refractivity (Wildman–Crippen MR) is 95.9 cm³/mol. The van der Waals surface area contributed by atoms with Gasteiger partial charge in [-0.3, -0.25) is 0 Å². The lowest BCUT2D eigenvalue weighted by molar-refractivity contribution is -0.137. The summed E-state index contributed by atoms with van der Waals surface area (Å²) in [6, 6.07) is 13.8. The molecule has 2 aliphatic heterocycles. The van der Waals surface area contributed by atoms with Crippen LogP contribution in [0.4, 0.5) is 18.0 Å². The van der Waals surface area contributed by atoms with Gasteiger partial charge in [0.25, 0.3) is 0 Å². The molecule has 2 aromatic carbocycles. The number of hydrogen-bond donors (Lipinski definition) is 0. The number of nitrogens with zero attached hydrogens (tertiary/aromatic N) is 1. The molecule has 2 fully saturated rings. The second kappa shape index (κ2) is 7.37. The van der Waals surface area contributed by atoms with Gasteiger partial charge in [-0.15, -0.1) is 0 Å². The van der Waals surface area contributed by atoms with Gasteiger partial charge in [0.1, 0.15) is 5.75 Å². The Morgan fingerprint density at radius 2 is 1.75 bits per heavy atom. The molecule has 28 heavy (non-hydrogen) atoms. The van der Waals surface area contributed by atoms with Crippen molar-refractivity contribution < 1.29 is 27.4 Å². The Bertz CT molecular complexity index is 823. The molecule has 148 valence electrons. The molecule has 7 heteroatoms. The van der Waals surface area contributed by atoms with Crippen LogP contribution in [-0.2, 0) is 10.9 Å². The smallest absolute Gasteiger partial charge is 0.416 e. The third kappa shape index (κ3) is 3.66. The average molecular weight is 391 g/mol. The van der Waals surface area contributed by atoms with Crippen molar-refractivity contribution in [3.8, 4) is 5.75 Å². The zero-order chi connectivity index (χ0) is 19.7. The highest BCUT2D eigenvalue weighted by Gasteiger charge is 2.48. The van der Waals surface area contributed by atoms with E-state index < -0.39 is 23.9 Å². The molecule has 4 rings (SSSR count). The SMILES string of the molecule is O=C1OC(C(Oc2ccc(C(F)(F)F)cc2)c2ccccc2)C2CCCCN12. The molecule has 0 N–H and O–H groups in total. The Hall–Kier alpha value is -2.70. The fraction of sp³-hybridized carbons (Fsp3) is 0.381. The molecule has 0 bridgehead atoms. The third-order valence-electron chi connectivity index (χ3n) is 5.27. The molecule has 2 aromatic rings. The number of rotatable bonds is 4. The average Bonchev–Trinajstić information content (AvgIpc) is 3.03. The van der Waals surface area contributed by atoms with E-state index >= 15 is 0 Å².